The van der Waals surface area contributed by atoms with E-state index in [2.05, 4.69) is 66.2 Å². The molecule has 3 aromatic carbocycles. The van der Waals surface area contributed by atoms with Crippen LogP contribution in [0.25, 0.3) is 11.0 Å². The highest BCUT2D eigenvalue weighted by Crippen LogP contribution is 2.20. The number of carbonyl (C=O) groups is 1. The van der Waals surface area contributed by atoms with E-state index in [1.165, 1.54) is 5.56 Å². The summed E-state index contributed by atoms with van der Waals surface area (Å²) in [5.74, 6) is 3.35. The highest BCUT2D eigenvalue weighted by atomic mass is 16.5. The third kappa shape index (κ3) is 7.60. The van der Waals surface area contributed by atoms with Gasteiger partial charge in [-0.15, -0.1) is 0 Å². The highest BCUT2D eigenvalue weighted by molar-refractivity contribution is 5.78. The van der Waals surface area contributed by atoms with Crippen LogP contribution in [0.2, 0.25) is 0 Å². The maximum absolute atomic E-state index is 12.4. The molecule has 1 aromatic heterocycles. The first-order valence-corrected chi connectivity index (χ1v) is 13.6. The number of aryl methyl sites for hydroxylation is 2. The predicted octanol–water partition coefficient (Wildman–Crippen LogP) is 6.32. The van der Waals surface area contributed by atoms with E-state index in [9.17, 15) is 4.79 Å². The van der Waals surface area contributed by atoms with Gasteiger partial charge in [-0.3, -0.25) is 4.79 Å². The molecule has 38 heavy (non-hydrogen) atoms. The maximum Gasteiger partial charge on any atom is 0.224 e. The van der Waals surface area contributed by atoms with Crippen LogP contribution in [-0.4, -0.2) is 35.7 Å². The first kappa shape index (κ1) is 27.2. The lowest BCUT2D eigenvalue weighted by molar-refractivity contribution is -0.120. The standard InChI is InChI=1S/C32H39N3O3/c1-24(2)26-14-18-28(19-15-26)38-22-7-6-21-35-30-10-5-4-9-29(30)34-31(35)11-8-20-33-32(36)23-25-12-16-27(37-3)17-13-25/h4-5,9-10,12-19,24H,6-8,11,20-23H2,1-3H3,(H,33,36). The van der Waals surface area contributed by atoms with Crippen molar-refractivity contribution in [1.29, 1.82) is 0 Å². The first-order chi connectivity index (χ1) is 18.5. The molecular weight excluding hydrogens is 474 g/mol. The number of para-hydroxylation sites is 2. The van der Waals surface area contributed by atoms with E-state index >= 15 is 0 Å². The van der Waals surface area contributed by atoms with Gasteiger partial charge in [0.05, 0.1) is 31.2 Å². The van der Waals surface area contributed by atoms with Crippen LogP contribution in [0.4, 0.5) is 0 Å². The Hall–Kier alpha value is -3.80. The molecule has 0 radical (unpaired) electrons. The van der Waals surface area contributed by atoms with E-state index in [1.54, 1.807) is 7.11 Å². The molecule has 1 heterocycles. The van der Waals surface area contributed by atoms with Crippen LogP contribution in [0.3, 0.4) is 0 Å². The van der Waals surface area contributed by atoms with Gasteiger partial charge in [0.25, 0.3) is 0 Å². The van der Waals surface area contributed by atoms with Crippen LogP contribution in [-0.2, 0) is 24.2 Å². The second-order valence-corrected chi connectivity index (χ2v) is 9.93. The fraction of sp³-hybridized carbons (Fsp3) is 0.375. The Morgan fingerprint density at radius 3 is 2.39 bits per heavy atom. The van der Waals surface area contributed by atoms with Crippen molar-refractivity contribution < 1.29 is 14.3 Å². The van der Waals surface area contributed by atoms with Gasteiger partial charge in [0.1, 0.15) is 17.3 Å². The Labute approximate surface area is 226 Å². The molecule has 0 aliphatic carbocycles. The summed E-state index contributed by atoms with van der Waals surface area (Å²) in [5, 5.41) is 3.04. The Kier molecular flexibility index (Phi) is 9.79. The molecule has 1 N–H and O–H groups in total. The van der Waals surface area contributed by atoms with Crippen LogP contribution >= 0.6 is 0 Å². The zero-order chi connectivity index (χ0) is 26.7. The van der Waals surface area contributed by atoms with Crippen molar-refractivity contribution in [2.24, 2.45) is 0 Å². The van der Waals surface area contributed by atoms with Gasteiger partial charge in [-0.1, -0.05) is 50.2 Å². The first-order valence-electron chi connectivity index (χ1n) is 13.6. The lowest BCUT2D eigenvalue weighted by Gasteiger charge is -2.11. The predicted molar refractivity (Wildman–Crippen MR) is 153 cm³/mol. The molecule has 4 rings (SSSR count). The molecule has 200 valence electrons. The Bertz CT molecular complexity index is 1290. The van der Waals surface area contributed by atoms with Crippen molar-refractivity contribution in [2.45, 2.75) is 58.4 Å². The Balaban J connectivity index is 1.23. The molecule has 4 aromatic rings. The number of carbonyl (C=O) groups excluding carboxylic acids is 1. The average molecular weight is 514 g/mol. The summed E-state index contributed by atoms with van der Waals surface area (Å²) in [6, 6.07) is 24.3. The number of ether oxygens (including phenoxy) is 2. The van der Waals surface area contributed by atoms with Crippen LogP contribution in [0.5, 0.6) is 11.5 Å². The number of fused-ring (bicyclic) bond motifs is 1. The van der Waals surface area contributed by atoms with Gasteiger partial charge < -0.3 is 19.4 Å². The van der Waals surface area contributed by atoms with E-state index in [0.717, 1.165) is 66.1 Å². The van der Waals surface area contributed by atoms with E-state index in [1.807, 2.05) is 30.3 Å². The van der Waals surface area contributed by atoms with Gasteiger partial charge in [0, 0.05) is 19.5 Å². The lowest BCUT2D eigenvalue weighted by Crippen LogP contribution is -2.26. The number of unbranched alkanes of at least 4 members (excludes halogenated alkanes) is 1. The number of aromatic nitrogens is 2. The third-order valence-electron chi connectivity index (χ3n) is 6.75. The van der Waals surface area contributed by atoms with Crippen LogP contribution in [0.15, 0.2) is 72.8 Å². The van der Waals surface area contributed by atoms with Crippen molar-refractivity contribution in [3.63, 3.8) is 0 Å². The minimum Gasteiger partial charge on any atom is -0.497 e. The normalized spacial score (nSPS) is 11.2. The number of amides is 1. The van der Waals surface area contributed by atoms with Crippen LogP contribution < -0.4 is 14.8 Å². The molecule has 0 saturated carbocycles. The van der Waals surface area contributed by atoms with Crippen LogP contribution in [0.1, 0.15) is 56.0 Å². The summed E-state index contributed by atoms with van der Waals surface area (Å²) in [6.07, 6.45) is 4.01. The summed E-state index contributed by atoms with van der Waals surface area (Å²) in [6.45, 7) is 6.62. The Morgan fingerprint density at radius 1 is 0.921 bits per heavy atom. The fourth-order valence-electron chi connectivity index (χ4n) is 4.54. The molecule has 0 fully saturated rings. The molecule has 0 atom stereocenters. The van der Waals surface area contributed by atoms with E-state index in [0.29, 0.717) is 25.5 Å². The monoisotopic (exact) mass is 513 g/mol. The van der Waals surface area contributed by atoms with Crippen molar-refractivity contribution in [1.82, 2.24) is 14.9 Å². The second-order valence-electron chi connectivity index (χ2n) is 9.93. The summed E-state index contributed by atoms with van der Waals surface area (Å²) < 4.78 is 13.5. The zero-order valence-corrected chi connectivity index (χ0v) is 22.8. The zero-order valence-electron chi connectivity index (χ0n) is 22.8. The third-order valence-corrected chi connectivity index (χ3v) is 6.75. The lowest BCUT2D eigenvalue weighted by atomic mass is 10.0. The minimum atomic E-state index is 0.0301. The number of nitrogens with one attached hydrogen (secondary N) is 1. The van der Waals surface area contributed by atoms with Gasteiger partial charge in [-0.25, -0.2) is 4.98 Å². The van der Waals surface area contributed by atoms with Crippen LogP contribution in [0, 0.1) is 0 Å². The molecule has 6 nitrogen and oxygen atoms in total. The largest absolute Gasteiger partial charge is 0.497 e. The summed E-state index contributed by atoms with van der Waals surface area (Å²) in [5.41, 5.74) is 4.49. The molecule has 6 heteroatoms. The average Bonchev–Trinajstić information content (AvgIpc) is 3.29. The number of hydrogen-bond acceptors (Lipinski definition) is 4. The van der Waals surface area contributed by atoms with E-state index in [-0.39, 0.29) is 5.91 Å². The fourth-order valence-corrected chi connectivity index (χ4v) is 4.54. The molecule has 0 aliphatic rings. The summed E-state index contributed by atoms with van der Waals surface area (Å²) >= 11 is 0. The van der Waals surface area contributed by atoms with Gasteiger partial charge in [0.2, 0.25) is 5.91 Å². The quantitative estimate of drug-likeness (QED) is 0.200. The number of imidazole rings is 1. The van der Waals surface area contributed by atoms with E-state index in [4.69, 9.17) is 14.5 Å². The molecule has 0 aliphatic heterocycles. The molecular formula is C32H39N3O3. The highest BCUT2D eigenvalue weighted by Gasteiger charge is 2.11. The topological polar surface area (TPSA) is 65.4 Å². The molecule has 0 spiro atoms. The molecule has 1 amide bonds. The molecule has 0 saturated heterocycles. The smallest absolute Gasteiger partial charge is 0.224 e. The van der Waals surface area contributed by atoms with Gasteiger partial charge in [-0.2, -0.15) is 0 Å². The number of benzene rings is 3. The number of methoxy groups -OCH3 is 1. The van der Waals surface area contributed by atoms with Crippen molar-refractivity contribution >= 4 is 16.9 Å². The van der Waals surface area contributed by atoms with Gasteiger partial charge in [-0.05, 0) is 72.7 Å². The van der Waals surface area contributed by atoms with Gasteiger partial charge in [0.15, 0.2) is 0 Å². The minimum absolute atomic E-state index is 0.0301. The number of hydrogen-bond donors (Lipinski definition) is 1. The van der Waals surface area contributed by atoms with E-state index < -0.39 is 0 Å². The second kappa shape index (κ2) is 13.7. The summed E-state index contributed by atoms with van der Waals surface area (Å²) in [4.78, 5) is 17.3. The number of rotatable bonds is 14. The van der Waals surface area contributed by atoms with Crippen molar-refractivity contribution in [2.75, 3.05) is 20.3 Å². The molecule has 0 bridgehead atoms. The maximum atomic E-state index is 12.4. The van der Waals surface area contributed by atoms with Gasteiger partial charge >= 0.3 is 0 Å². The number of nitrogens with zero attached hydrogens (tertiary/aromatic N) is 2. The SMILES string of the molecule is COc1ccc(CC(=O)NCCCc2nc3ccccc3n2CCCCOc2ccc(C(C)C)cc2)cc1. The Morgan fingerprint density at radius 2 is 1.66 bits per heavy atom. The van der Waals surface area contributed by atoms with Crippen molar-refractivity contribution in [3.05, 3.63) is 89.7 Å². The van der Waals surface area contributed by atoms with Crippen molar-refractivity contribution in [3.8, 4) is 11.5 Å². The molecule has 0 unspecified atom stereocenters. The summed E-state index contributed by atoms with van der Waals surface area (Å²) in [7, 11) is 1.64.